The second-order valence-corrected chi connectivity index (χ2v) is 2.60. The van der Waals surface area contributed by atoms with Crippen molar-refractivity contribution in [2.45, 2.75) is 12.2 Å². The van der Waals surface area contributed by atoms with Gasteiger partial charge in [0.2, 0.25) is 0 Å². The molecule has 0 fully saturated rings. The van der Waals surface area contributed by atoms with Gasteiger partial charge in [0.25, 0.3) is 0 Å². The topological polar surface area (TPSA) is 115 Å². The number of aliphatic hydroxyl groups is 2. The van der Waals surface area contributed by atoms with Crippen LogP contribution in [0.15, 0.2) is 23.8 Å². The van der Waals surface area contributed by atoms with Gasteiger partial charge in [0.15, 0.2) is 0 Å². The summed E-state index contributed by atoms with van der Waals surface area (Å²) in [6.07, 6.45) is 1.81. The van der Waals surface area contributed by atoms with E-state index in [0.717, 1.165) is 0 Å². The van der Waals surface area contributed by atoms with E-state index >= 15 is 0 Å². The highest BCUT2D eigenvalue weighted by atomic mass is 16.3. The van der Waals surface area contributed by atoms with Crippen LogP contribution < -0.4 is 0 Å². The highest BCUT2D eigenvalue weighted by molar-refractivity contribution is 5.08. The van der Waals surface area contributed by atoms with E-state index in [4.69, 9.17) is 5.53 Å². The Morgan fingerprint density at radius 3 is 2.64 bits per heavy atom. The van der Waals surface area contributed by atoms with Gasteiger partial charge in [-0.05, 0) is 5.53 Å². The smallest absolute Gasteiger partial charge is 0.115 e. The Morgan fingerprint density at radius 1 is 1.43 bits per heavy atom. The van der Waals surface area contributed by atoms with Crippen molar-refractivity contribution < 1.29 is 10.2 Å². The molecule has 1 aromatic heterocycles. The third-order valence-corrected chi connectivity index (χ3v) is 1.62. The standard InChI is InChI=1S/C7H9N5O2/c8-12-11-3-6(13)7(14)5-1-9-4-10-2-5/h1-2,4,6-7,13-14H,3H2. The fourth-order valence-electron chi connectivity index (χ4n) is 0.906. The monoisotopic (exact) mass is 195 g/mol. The van der Waals surface area contributed by atoms with Crippen molar-refractivity contribution in [1.82, 2.24) is 9.97 Å². The van der Waals surface area contributed by atoms with Crippen LogP contribution in [-0.4, -0.2) is 32.8 Å². The molecule has 74 valence electrons. The van der Waals surface area contributed by atoms with Gasteiger partial charge in [0.05, 0.1) is 12.6 Å². The van der Waals surface area contributed by atoms with E-state index in [1.54, 1.807) is 0 Å². The van der Waals surface area contributed by atoms with Crippen molar-refractivity contribution in [2.24, 2.45) is 5.11 Å². The molecule has 0 spiro atoms. The maximum absolute atomic E-state index is 9.50. The number of hydrogen-bond donors (Lipinski definition) is 2. The average Bonchev–Trinajstić information content (AvgIpc) is 2.26. The van der Waals surface area contributed by atoms with Gasteiger partial charge < -0.3 is 10.2 Å². The van der Waals surface area contributed by atoms with Crippen LogP contribution in [0, 0.1) is 0 Å². The fraction of sp³-hybridized carbons (Fsp3) is 0.429. The van der Waals surface area contributed by atoms with Gasteiger partial charge in [-0.1, -0.05) is 5.11 Å². The lowest BCUT2D eigenvalue weighted by molar-refractivity contribution is 0.0240. The summed E-state index contributed by atoms with van der Waals surface area (Å²) >= 11 is 0. The van der Waals surface area contributed by atoms with Crippen molar-refractivity contribution in [2.75, 3.05) is 6.54 Å². The van der Waals surface area contributed by atoms with Crippen molar-refractivity contribution in [1.29, 1.82) is 0 Å². The molecular weight excluding hydrogens is 186 g/mol. The number of hydrogen-bond acceptors (Lipinski definition) is 5. The predicted molar refractivity (Wildman–Crippen MR) is 47.0 cm³/mol. The minimum atomic E-state index is -1.14. The summed E-state index contributed by atoms with van der Waals surface area (Å²) in [4.78, 5) is 9.84. The Morgan fingerprint density at radius 2 is 2.07 bits per heavy atom. The summed E-state index contributed by atoms with van der Waals surface area (Å²) < 4.78 is 0. The molecule has 2 unspecified atom stereocenters. The molecule has 0 bridgehead atoms. The molecule has 0 aliphatic heterocycles. The highest BCUT2D eigenvalue weighted by Crippen LogP contribution is 2.14. The van der Waals surface area contributed by atoms with Crippen LogP contribution in [0.2, 0.25) is 0 Å². The van der Waals surface area contributed by atoms with Gasteiger partial charge in [-0.3, -0.25) is 0 Å². The zero-order chi connectivity index (χ0) is 10.4. The SMILES string of the molecule is [N-]=[N+]=NCC(O)C(O)c1cncnc1. The molecular formula is C7H9N5O2. The van der Waals surface area contributed by atoms with Crippen molar-refractivity contribution in [3.8, 4) is 0 Å². The summed E-state index contributed by atoms with van der Waals surface area (Å²) in [7, 11) is 0. The largest absolute Gasteiger partial charge is 0.390 e. The Bertz CT molecular complexity index is 324. The minimum absolute atomic E-state index is 0.188. The molecule has 2 N–H and O–H groups in total. The van der Waals surface area contributed by atoms with Gasteiger partial charge >= 0.3 is 0 Å². The number of aliphatic hydroxyl groups excluding tert-OH is 2. The number of azide groups is 1. The van der Waals surface area contributed by atoms with Gasteiger partial charge in [-0.25, -0.2) is 9.97 Å². The minimum Gasteiger partial charge on any atom is -0.390 e. The molecule has 0 aromatic carbocycles. The van der Waals surface area contributed by atoms with Crippen LogP contribution in [0.3, 0.4) is 0 Å². The van der Waals surface area contributed by atoms with Crippen LogP contribution >= 0.6 is 0 Å². The summed E-state index contributed by atoms with van der Waals surface area (Å²) in [6, 6.07) is 0. The van der Waals surface area contributed by atoms with E-state index in [1.165, 1.54) is 18.7 Å². The van der Waals surface area contributed by atoms with Gasteiger partial charge in [-0.15, -0.1) is 0 Å². The number of aromatic nitrogens is 2. The van der Waals surface area contributed by atoms with E-state index in [0.29, 0.717) is 5.56 Å². The van der Waals surface area contributed by atoms with Gasteiger partial charge in [0, 0.05) is 22.9 Å². The number of rotatable bonds is 4. The molecule has 0 saturated carbocycles. The molecule has 7 nitrogen and oxygen atoms in total. The molecule has 14 heavy (non-hydrogen) atoms. The maximum Gasteiger partial charge on any atom is 0.115 e. The maximum atomic E-state index is 9.50. The lowest BCUT2D eigenvalue weighted by atomic mass is 10.1. The Kier molecular flexibility index (Phi) is 3.81. The molecule has 2 atom stereocenters. The van der Waals surface area contributed by atoms with Crippen LogP contribution in [0.25, 0.3) is 10.4 Å². The fourth-order valence-corrected chi connectivity index (χ4v) is 0.906. The van der Waals surface area contributed by atoms with Crippen molar-refractivity contribution in [3.05, 3.63) is 34.7 Å². The summed E-state index contributed by atoms with van der Waals surface area (Å²) in [6.45, 7) is -0.188. The number of nitrogens with zero attached hydrogens (tertiary/aromatic N) is 5. The first-order chi connectivity index (χ1) is 6.75. The second kappa shape index (κ2) is 5.13. The molecule has 1 heterocycles. The van der Waals surface area contributed by atoms with E-state index in [-0.39, 0.29) is 6.54 Å². The van der Waals surface area contributed by atoms with Crippen LogP contribution in [0.5, 0.6) is 0 Å². The van der Waals surface area contributed by atoms with E-state index in [2.05, 4.69) is 20.0 Å². The lowest BCUT2D eigenvalue weighted by Gasteiger charge is -2.14. The Labute approximate surface area is 79.7 Å². The quantitative estimate of drug-likeness (QED) is 0.405. The molecule has 7 heteroatoms. The highest BCUT2D eigenvalue weighted by Gasteiger charge is 2.17. The summed E-state index contributed by atoms with van der Waals surface area (Å²) in [5.41, 5.74) is 8.39. The first-order valence-corrected chi connectivity index (χ1v) is 3.87. The summed E-state index contributed by atoms with van der Waals surface area (Å²) in [5.74, 6) is 0. The predicted octanol–water partition coefficient (Wildman–Crippen LogP) is 0.181. The zero-order valence-corrected chi connectivity index (χ0v) is 7.22. The second-order valence-electron chi connectivity index (χ2n) is 2.60. The van der Waals surface area contributed by atoms with E-state index in [9.17, 15) is 10.2 Å². The average molecular weight is 195 g/mol. The van der Waals surface area contributed by atoms with Gasteiger partial charge in [0.1, 0.15) is 12.4 Å². The van der Waals surface area contributed by atoms with Crippen LogP contribution in [0.4, 0.5) is 0 Å². The summed E-state index contributed by atoms with van der Waals surface area (Å²) in [5, 5.41) is 22.0. The van der Waals surface area contributed by atoms with E-state index in [1.807, 2.05) is 0 Å². The molecule has 0 radical (unpaired) electrons. The Hall–Kier alpha value is -1.69. The van der Waals surface area contributed by atoms with Gasteiger partial charge in [-0.2, -0.15) is 0 Å². The first-order valence-electron chi connectivity index (χ1n) is 3.87. The molecule has 0 aliphatic rings. The third-order valence-electron chi connectivity index (χ3n) is 1.62. The molecule has 0 amide bonds. The molecule has 0 aliphatic carbocycles. The molecule has 0 saturated heterocycles. The van der Waals surface area contributed by atoms with Crippen molar-refractivity contribution in [3.63, 3.8) is 0 Å². The van der Waals surface area contributed by atoms with Crippen molar-refractivity contribution >= 4 is 0 Å². The van der Waals surface area contributed by atoms with Crippen LogP contribution in [0.1, 0.15) is 11.7 Å². The van der Waals surface area contributed by atoms with Crippen LogP contribution in [-0.2, 0) is 0 Å². The lowest BCUT2D eigenvalue weighted by Crippen LogP contribution is -2.21. The van der Waals surface area contributed by atoms with E-state index < -0.39 is 12.2 Å². The zero-order valence-electron chi connectivity index (χ0n) is 7.22. The first kappa shape index (κ1) is 10.4. The molecule has 1 aromatic rings. The molecule has 1 rings (SSSR count). The third kappa shape index (κ3) is 2.67. The Balaban J connectivity index is 2.65. The normalized spacial score (nSPS) is 14.1.